The average molecular weight is 286 g/mol. The number of primary amides is 1. The van der Waals surface area contributed by atoms with Gasteiger partial charge >= 0.3 is 0 Å². The fourth-order valence-electron chi connectivity index (χ4n) is 1.86. The summed E-state index contributed by atoms with van der Waals surface area (Å²) in [4.78, 5) is 14.6. The molecule has 0 aliphatic rings. The zero-order valence-corrected chi connectivity index (χ0v) is 12.0. The number of benzene rings is 1. The molecule has 0 aliphatic heterocycles. The normalized spacial score (nSPS) is 11.2. The van der Waals surface area contributed by atoms with Crippen molar-refractivity contribution < 1.29 is 9.18 Å². The van der Waals surface area contributed by atoms with Crippen LogP contribution in [-0.4, -0.2) is 15.7 Å². The molecule has 0 aliphatic carbocycles. The molecule has 1 heterocycles. The van der Waals surface area contributed by atoms with Gasteiger partial charge in [0.15, 0.2) is 0 Å². The maximum Gasteiger partial charge on any atom is 0.252 e. The van der Waals surface area contributed by atoms with E-state index in [1.54, 1.807) is 16.9 Å². The molecule has 5 nitrogen and oxygen atoms in total. The van der Waals surface area contributed by atoms with E-state index in [9.17, 15) is 9.18 Å². The molecular weight excluding hydrogens is 271 g/mol. The number of nitrogens with zero attached hydrogens (tertiary/aromatic N) is 3. The van der Waals surface area contributed by atoms with E-state index >= 15 is 0 Å². The van der Waals surface area contributed by atoms with E-state index < -0.39 is 11.7 Å². The fourth-order valence-corrected chi connectivity index (χ4v) is 1.86. The Kier molecular flexibility index (Phi) is 3.52. The summed E-state index contributed by atoms with van der Waals surface area (Å²) in [6.07, 6.45) is 1.55. The van der Waals surface area contributed by atoms with Crippen LogP contribution in [0.2, 0.25) is 0 Å². The third-order valence-electron chi connectivity index (χ3n) is 3.01. The standard InChI is InChI=1S/C15H15FN4O/c1-15(2,3)20-8-10(14(17)21)13(19-20)9-5-6-12(18-4)11(16)7-9/h5-8H,1-3H3,(H2,17,21). The maximum absolute atomic E-state index is 13.7. The Morgan fingerprint density at radius 3 is 2.57 bits per heavy atom. The molecule has 2 aromatic rings. The highest BCUT2D eigenvalue weighted by molar-refractivity contribution is 5.98. The van der Waals surface area contributed by atoms with Crippen molar-refractivity contribution in [3.8, 4) is 11.3 Å². The Morgan fingerprint density at radius 2 is 2.10 bits per heavy atom. The van der Waals surface area contributed by atoms with E-state index in [2.05, 4.69) is 9.94 Å². The third-order valence-corrected chi connectivity index (χ3v) is 3.01. The molecule has 0 saturated carbocycles. The molecule has 21 heavy (non-hydrogen) atoms. The molecule has 0 fully saturated rings. The van der Waals surface area contributed by atoms with Gasteiger partial charge in [0.1, 0.15) is 11.5 Å². The van der Waals surface area contributed by atoms with Gasteiger partial charge in [-0.05, 0) is 26.8 Å². The van der Waals surface area contributed by atoms with Crippen molar-refractivity contribution in [2.24, 2.45) is 5.73 Å². The number of halogens is 1. The van der Waals surface area contributed by atoms with Crippen LogP contribution < -0.4 is 5.73 Å². The molecule has 1 aromatic heterocycles. The van der Waals surface area contributed by atoms with E-state index in [-0.39, 0.29) is 16.8 Å². The Balaban J connectivity index is 2.63. The first-order valence-corrected chi connectivity index (χ1v) is 6.31. The van der Waals surface area contributed by atoms with E-state index in [1.807, 2.05) is 20.8 Å². The SMILES string of the molecule is [C-]#[N+]c1ccc(-c2nn(C(C)(C)C)cc2C(N)=O)cc1F. The summed E-state index contributed by atoms with van der Waals surface area (Å²) in [6, 6.07) is 4.10. The summed E-state index contributed by atoms with van der Waals surface area (Å²) in [6.45, 7) is 12.6. The van der Waals surface area contributed by atoms with Crippen LogP contribution in [0.5, 0.6) is 0 Å². The van der Waals surface area contributed by atoms with Crippen molar-refractivity contribution in [1.29, 1.82) is 0 Å². The average Bonchev–Trinajstić information content (AvgIpc) is 2.83. The zero-order chi connectivity index (χ0) is 15.8. The number of hydrogen-bond acceptors (Lipinski definition) is 2. The van der Waals surface area contributed by atoms with Crippen LogP contribution >= 0.6 is 0 Å². The first-order chi connectivity index (χ1) is 9.74. The Morgan fingerprint density at radius 1 is 1.43 bits per heavy atom. The van der Waals surface area contributed by atoms with Gasteiger partial charge in [0, 0.05) is 11.8 Å². The van der Waals surface area contributed by atoms with Crippen LogP contribution in [-0.2, 0) is 5.54 Å². The van der Waals surface area contributed by atoms with Crippen molar-refractivity contribution in [3.05, 3.63) is 47.2 Å². The van der Waals surface area contributed by atoms with Crippen LogP contribution in [0.25, 0.3) is 16.1 Å². The predicted molar refractivity (Wildman–Crippen MR) is 77.4 cm³/mol. The monoisotopic (exact) mass is 286 g/mol. The van der Waals surface area contributed by atoms with Gasteiger partial charge in [-0.15, -0.1) is 0 Å². The molecule has 2 rings (SSSR count). The van der Waals surface area contributed by atoms with Crippen LogP contribution in [0.3, 0.4) is 0 Å². The summed E-state index contributed by atoms with van der Waals surface area (Å²) in [5.41, 5.74) is 5.91. The Labute approximate surface area is 122 Å². The molecule has 1 amide bonds. The maximum atomic E-state index is 13.7. The molecule has 0 spiro atoms. The minimum atomic E-state index is -0.650. The number of carbonyl (C=O) groups excluding carboxylic acids is 1. The number of amides is 1. The second kappa shape index (κ2) is 5.02. The smallest absolute Gasteiger partial charge is 0.252 e. The van der Waals surface area contributed by atoms with E-state index in [1.165, 1.54) is 12.1 Å². The first-order valence-electron chi connectivity index (χ1n) is 6.31. The third kappa shape index (κ3) is 2.77. The number of carbonyl (C=O) groups is 1. The molecule has 108 valence electrons. The van der Waals surface area contributed by atoms with Gasteiger partial charge in [-0.3, -0.25) is 9.48 Å². The van der Waals surface area contributed by atoms with Gasteiger partial charge in [-0.1, -0.05) is 12.1 Å². The summed E-state index contributed by atoms with van der Waals surface area (Å²) >= 11 is 0. The van der Waals surface area contributed by atoms with Crippen molar-refractivity contribution in [2.75, 3.05) is 0 Å². The molecule has 2 N–H and O–H groups in total. The minimum Gasteiger partial charge on any atom is -0.365 e. The molecule has 6 heteroatoms. The molecule has 0 atom stereocenters. The summed E-state index contributed by atoms with van der Waals surface area (Å²) in [7, 11) is 0. The lowest BCUT2D eigenvalue weighted by atomic mass is 10.1. The van der Waals surface area contributed by atoms with Gasteiger partial charge in [0.05, 0.1) is 17.7 Å². The summed E-state index contributed by atoms with van der Waals surface area (Å²) in [5.74, 6) is -1.28. The Bertz CT molecular complexity index is 750. The fraction of sp³-hybridized carbons (Fsp3) is 0.267. The predicted octanol–water partition coefficient (Wildman–Crippen LogP) is 3.09. The highest BCUT2D eigenvalue weighted by atomic mass is 19.1. The Hall–Kier alpha value is -2.68. The molecule has 0 saturated heterocycles. The summed E-state index contributed by atoms with van der Waals surface area (Å²) in [5, 5.41) is 4.34. The van der Waals surface area contributed by atoms with Gasteiger partial charge in [-0.2, -0.15) is 5.10 Å². The van der Waals surface area contributed by atoms with Crippen LogP contribution in [0.1, 0.15) is 31.1 Å². The summed E-state index contributed by atoms with van der Waals surface area (Å²) < 4.78 is 15.4. The van der Waals surface area contributed by atoms with Gasteiger partial charge in [-0.25, -0.2) is 9.24 Å². The quantitative estimate of drug-likeness (QED) is 0.862. The lowest BCUT2D eigenvalue weighted by molar-refractivity contribution is 0.100. The van der Waals surface area contributed by atoms with Crippen molar-refractivity contribution in [1.82, 2.24) is 9.78 Å². The number of hydrogen-bond donors (Lipinski definition) is 1. The topological polar surface area (TPSA) is 65.3 Å². The second-order valence-corrected chi connectivity index (χ2v) is 5.65. The van der Waals surface area contributed by atoms with Crippen molar-refractivity contribution in [3.63, 3.8) is 0 Å². The number of aromatic nitrogens is 2. The van der Waals surface area contributed by atoms with E-state index in [0.717, 1.165) is 0 Å². The minimum absolute atomic E-state index is 0.0744. The number of rotatable bonds is 2. The first kappa shape index (κ1) is 14.7. The van der Waals surface area contributed by atoms with Gasteiger partial charge < -0.3 is 5.73 Å². The highest BCUT2D eigenvalue weighted by Crippen LogP contribution is 2.28. The van der Waals surface area contributed by atoms with Gasteiger partial charge in [0.2, 0.25) is 5.69 Å². The molecule has 0 bridgehead atoms. The van der Waals surface area contributed by atoms with Crippen molar-refractivity contribution >= 4 is 11.6 Å². The lowest BCUT2D eigenvalue weighted by Crippen LogP contribution is -2.22. The number of nitrogens with two attached hydrogens (primary N) is 1. The van der Waals surface area contributed by atoms with Gasteiger partial charge in [0.25, 0.3) is 5.91 Å². The van der Waals surface area contributed by atoms with Crippen LogP contribution in [0.15, 0.2) is 24.4 Å². The molecule has 1 aromatic carbocycles. The van der Waals surface area contributed by atoms with E-state index in [0.29, 0.717) is 11.3 Å². The highest BCUT2D eigenvalue weighted by Gasteiger charge is 2.22. The second-order valence-electron chi connectivity index (χ2n) is 5.65. The van der Waals surface area contributed by atoms with Crippen LogP contribution in [0.4, 0.5) is 10.1 Å². The van der Waals surface area contributed by atoms with Crippen LogP contribution in [0, 0.1) is 12.4 Å². The largest absolute Gasteiger partial charge is 0.365 e. The van der Waals surface area contributed by atoms with Crippen molar-refractivity contribution in [2.45, 2.75) is 26.3 Å². The zero-order valence-electron chi connectivity index (χ0n) is 12.0. The molecular formula is C15H15FN4O. The lowest BCUT2D eigenvalue weighted by Gasteiger charge is -2.18. The molecule has 0 radical (unpaired) electrons. The molecule has 0 unspecified atom stereocenters. The van der Waals surface area contributed by atoms with E-state index in [4.69, 9.17) is 12.3 Å².